The minimum absolute atomic E-state index is 0.238. The Morgan fingerprint density at radius 3 is 2.42 bits per heavy atom. The van der Waals surface area contributed by atoms with E-state index in [1.54, 1.807) is 0 Å². The van der Waals surface area contributed by atoms with Gasteiger partial charge in [0.2, 0.25) is 5.88 Å². The molecule has 1 heterocycles. The van der Waals surface area contributed by atoms with Crippen molar-refractivity contribution in [3.8, 4) is 5.88 Å². The Morgan fingerprint density at radius 2 is 2.08 bits per heavy atom. The van der Waals surface area contributed by atoms with Gasteiger partial charge in [0, 0.05) is 0 Å². The summed E-state index contributed by atoms with van der Waals surface area (Å²) in [6.07, 6.45) is 2.22. The fourth-order valence-electron chi connectivity index (χ4n) is 0.557. The van der Waals surface area contributed by atoms with Crippen LogP contribution in [0.3, 0.4) is 0 Å². The standard InChI is InChI=1S/C5H7N3O3S/c1-11-4-2-8-5(3-7-4)12(6,9)10/h2-3H,1H3,(H2,6,9,10). The van der Waals surface area contributed by atoms with Gasteiger partial charge in [0.05, 0.1) is 19.5 Å². The van der Waals surface area contributed by atoms with Crippen LogP contribution in [0, 0.1) is 0 Å². The van der Waals surface area contributed by atoms with Crippen molar-refractivity contribution in [3.05, 3.63) is 12.4 Å². The smallest absolute Gasteiger partial charge is 0.257 e. The zero-order valence-electron chi connectivity index (χ0n) is 6.26. The first kappa shape index (κ1) is 8.88. The van der Waals surface area contributed by atoms with E-state index in [0.717, 1.165) is 6.20 Å². The summed E-state index contributed by atoms with van der Waals surface area (Å²) in [6.45, 7) is 0. The van der Waals surface area contributed by atoms with Crippen molar-refractivity contribution in [3.63, 3.8) is 0 Å². The third-order valence-electron chi connectivity index (χ3n) is 1.11. The van der Waals surface area contributed by atoms with Gasteiger partial charge in [0.15, 0.2) is 5.03 Å². The molecule has 0 radical (unpaired) electrons. The summed E-state index contributed by atoms with van der Waals surface area (Å²) in [5.41, 5.74) is 0. The monoisotopic (exact) mass is 189 g/mol. The Kier molecular flexibility index (Phi) is 2.25. The molecule has 1 rings (SSSR count). The van der Waals surface area contributed by atoms with Gasteiger partial charge in [-0.25, -0.2) is 23.5 Å². The van der Waals surface area contributed by atoms with Gasteiger partial charge >= 0.3 is 0 Å². The first-order chi connectivity index (χ1) is 5.54. The van der Waals surface area contributed by atoms with Gasteiger partial charge in [-0.15, -0.1) is 0 Å². The molecule has 0 fully saturated rings. The lowest BCUT2D eigenvalue weighted by Crippen LogP contribution is -2.14. The van der Waals surface area contributed by atoms with Gasteiger partial charge in [-0.1, -0.05) is 0 Å². The summed E-state index contributed by atoms with van der Waals surface area (Å²) in [7, 11) is -2.35. The lowest BCUT2D eigenvalue weighted by molar-refractivity contribution is 0.394. The second kappa shape index (κ2) is 3.03. The fourth-order valence-corrected chi connectivity index (χ4v) is 0.956. The molecular weight excluding hydrogens is 182 g/mol. The first-order valence-corrected chi connectivity index (χ1v) is 4.47. The maximum Gasteiger partial charge on any atom is 0.257 e. The highest BCUT2D eigenvalue weighted by molar-refractivity contribution is 7.89. The fraction of sp³-hybridized carbons (Fsp3) is 0.200. The van der Waals surface area contributed by atoms with Crippen LogP contribution < -0.4 is 9.88 Å². The van der Waals surface area contributed by atoms with Crippen LogP contribution in [0.25, 0.3) is 0 Å². The Hall–Kier alpha value is -1.21. The molecule has 0 saturated heterocycles. The van der Waals surface area contributed by atoms with Crippen molar-refractivity contribution in [1.29, 1.82) is 0 Å². The number of hydrogen-bond acceptors (Lipinski definition) is 5. The van der Waals surface area contributed by atoms with Crippen LogP contribution in [0.5, 0.6) is 5.88 Å². The number of primary sulfonamides is 1. The number of hydrogen-bond donors (Lipinski definition) is 1. The average Bonchev–Trinajstić information content (AvgIpc) is 2.03. The Balaban J connectivity index is 3.09. The third kappa shape index (κ3) is 1.89. The first-order valence-electron chi connectivity index (χ1n) is 2.93. The van der Waals surface area contributed by atoms with E-state index in [4.69, 9.17) is 5.14 Å². The molecule has 0 atom stereocenters. The van der Waals surface area contributed by atoms with E-state index < -0.39 is 10.0 Å². The van der Waals surface area contributed by atoms with E-state index in [0.29, 0.717) is 0 Å². The van der Waals surface area contributed by atoms with Gasteiger partial charge in [0.25, 0.3) is 10.0 Å². The molecule has 0 saturated carbocycles. The summed E-state index contributed by atoms with van der Waals surface area (Å²) in [4.78, 5) is 7.14. The van der Waals surface area contributed by atoms with Crippen molar-refractivity contribution < 1.29 is 13.2 Å². The molecule has 0 bridgehead atoms. The molecule has 0 aromatic carbocycles. The van der Waals surface area contributed by atoms with Gasteiger partial charge in [-0.3, -0.25) is 0 Å². The molecule has 0 aliphatic carbocycles. The number of sulfonamides is 1. The molecular formula is C5H7N3O3S. The largest absolute Gasteiger partial charge is 0.480 e. The number of rotatable bonds is 2. The minimum atomic E-state index is -3.76. The quantitative estimate of drug-likeness (QED) is 0.652. The zero-order chi connectivity index (χ0) is 9.19. The molecule has 66 valence electrons. The van der Waals surface area contributed by atoms with E-state index in [-0.39, 0.29) is 10.9 Å². The normalized spacial score (nSPS) is 11.2. The lowest BCUT2D eigenvalue weighted by Gasteiger charge is -1.98. The SMILES string of the molecule is COc1cnc(S(N)(=O)=O)cn1. The predicted molar refractivity (Wildman–Crippen MR) is 40.0 cm³/mol. The number of ether oxygens (including phenoxy) is 1. The molecule has 0 amide bonds. The molecule has 1 aromatic rings. The van der Waals surface area contributed by atoms with E-state index in [9.17, 15) is 8.42 Å². The van der Waals surface area contributed by atoms with Crippen LogP contribution in [-0.2, 0) is 10.0 Å². The molecule has 0 spiro atoms. The van der Waals surface area contributed by atoms with E-state index in [2.05, 4.69) is 14.7 Å². The van der Waals surface area contributed by atoms with Crippen molar-refractivity contribution in [1.82, 2.24) is 9.97 Å². The molecule has 0 unspecified atom stereocenters. The van der Waals surface area contributed by atoms with Gasteiger partial charge < -0.3 is 4.74 Å². The van der Waals surface area contributed by atoms with Crippen LogP contribution in [0.15, 0.2) is 17.4 Å². The second-order valence-corrected chi connectivity index (χ2v) is 3.45. The summed E-state index contributed by atoms with van der Waals surface area (Å²) in [6, 6.07) is 0. The van der Waals surface area contributed by atoms with Crippen LogP contribution >= 0.6 is 0 Å². The summed E-state index contributed by atoms with van der Waals surface area (Å²) < 4.78 is 26.0. The van der Waals surface area contributed by atoms with Crippen LogP contribution in [-0.4, -0.2) is 25.5 Å². The molecule has 6 nitrogen and oxygen atoms in total. The number of aromatic nitrogens is 2. The zero-order valence-corrected chi connectivity index (χ0v) is 7.08. The number of nitrogens with zero attached hydrogens (tertiary/aromatic N) is 2. The highest BCUT2D eigenvalue weighted by atomic mass is 32.2. The molecule has 0 aliphatic rings. The average molecular weight is 189 g/mol. The van der Waals surface area contributed by atoms with E-state index in [1.165, 1.54) is 13.3 Å². The van der Waals surface area contributed by atoms with Gasteiger partial charge in [-0.05, 0) is 0 Å². The topological polar surface area (TPSA) is 95.2 Å². The lowest BCUT2D eigenvalue weighted by atomic mass is 10.7. The van der Waals surface area contributed by atoms with Gasteiger partial charge in [0.1, 0.15) is 0 Å². The number of nitrogens with two attached hydrogens (primary N) is 1. The Labute approximate surface area is 69.4 Å². The maximum atomic E-state index is 10.7. The van der Waals surface area contributed by atoms with E-state index >= 15 is 0 Å². The minimum Gasteiger partial charge on any atom is -0.480 e. The molecule has 2 N–H and O–H groups in total. The number of methoxy groups -OCH3 is 1. The molecule has 0 aliphatic heterocycles. The Bertz CT molecular complexity index is 358. The van der Waals surface area contributed by atoms with Crippen molar-refractivity contribution in [2.24, 2.45) is 5.14 Å². The van der Waals surface area contributed by atoms with Crippen molar-refractivity contribution in [2.45, 2.75) is 5.03 Å². The van der Waals surface area contributed by atoms with Crippen molar-refractivity contribution >= 4 is 10.0 Å². The highest BCUT2D eigenvalue weighted by Crippen LogP contribution is 2.05. The molecule has 1 aromatic heterocycles. The summed E-state index contributed by atoms with van der Waals surface area (Å²) >= 11 is 0. The summed E-state index contributed by atoms with van der Waals surface area (Å²) in [5.74, 6) is 0.238. The third-order valence-corrected chi connectivity index (χ3v) is 1.90. The predicted octanol–water partition coefficient (Wildman–Crippen LogP) is -0.867. The molecule has 12 heavy (non-hydrogen) atoms. The molecule has 7 heteroatoms. The maximum absolute atomic E-state index is 10.7. The van der Waals surface area contributed by atoms with Gasteiger partial charge in [-0.2, -0.15) is 0 Å². The second-order valence-electron chi connectivity index (χ2n) is 1.94. The van der Waals surface area contributed by atoms with Crippen molar-refractivity contribution in [2.75, 3.05) is 7.11 Å². The van der Waals surface area contributed by atoms with Crippen LogP contribution in [0.4, 0.5) is 0 Å². The highest BCUT2D eigenvalue weighted by Gasteiger charge is 2.09. The van der Waals surface area contributed by atoms with Crippen LogP contribution in [0.1, 0.15) is 0 Å². The Morgan fingerprint density at radius 1 is 1.42 bits per heavy atom. The van der Waals surface area contributed by atoms with E-state index in [1.807, 2.05) is 0 Å². The summed E-state index contributed by atoms with van der Waals surface area (Å²) in [5, 5.41) is 4.50. The van der Waals surface area contributed by atoms with Crippen LogP contribution in [0.2, 0.25) is 0 Å².